The molecule has 0 aromatic heterocycles. The van der Waals surface area contributed by atoms with Gasteiger partial charge in [0.25, 0.3) is 0 Å². The smallest absolute Gasteiger partial charge is 0.357 e. The fourth-order valence-corrected chi connectivity index (χ4v) is 1.45. The number of carbonyl (C=O) groups is 1. The van der Waals surface area contributed by atoms with E-state index in [1.54, 1.807) is 18.2 Å². The highest BCUT2D eigenvalue weighted by Crippen LogP contribution is 2.25. The third-order valence-electron chi connectivity index (χ3n) is 1.75. The summed E-state index contributed by atoms with van der Waals surface area (Å²) in [5.74, 6) is -0.947. The van der Waals surface area contributed by atoms with Crippen LogP contribution < -0.4 is 0 Å². The number of rotatable bonds is 2. The minimum atomic E-state index is -1.44. The van der Waals surface area contributed by atoms with Crippen LogP contribution in [0.4, 0.5) is 0 Å². The van der Waals surface area contributed by atoms with Crippen LogP contribution in [-0.2, 0) is 9.08 Å². The summed E-state index contributed by atoms with van der Waals surface area (Å²) in [5.41, 5.74) is 1.22. The zero-order chi connectivity index (χ0) is 10.7. The Hall–Kier alpha value is -0.770. The van der Waals surface area contributed by atoms with Gasteiger partial charge in [-0.05, 0) is 18.6 Å². The zero-order valence-corrected chi connectivity index (χ0v) is 8.84. The van der Waals surface area contributed by atoms with Crippen molar-refractivity contribution in [2.24, 2.45) is 0 Å². The van der Waals surface area contributed by atoms with Crippen molar-refractivity contribution < 1.29 is 14.2 Å². The Kier molecular flexibility index (Phi) is 3.75. The molecule has 1 unspecified atom stereocenters. The normalized spacial score (nSPS) is 12.3. The van der Waals surface area contributed by atoms with E-state index in [9.17, 15) is 9.90 Å². The van der Waals surface area contributed by atoms with Crippen LogP contribution in [0.15, 0.2) is 18.2 Å². The average Bonchev–Trinajstić information content (AvgIpc) is 2.15. The predicted molar refractivity (Wildman–Crippen MR) is 53.1 cm³/mol. The maximum atomic E-state index is 10.9. The van der Waals surface area contributed by atoms with Crippen LogP contribution in [0.2, 0.25) is 5.02 Å². The molecular formula is C9H8Cl2O3. The van der Waals surface area contributed by atoms with E-state index in [1.807, 2.05) is 6.92 Å². The summed E-state index contributed by atoms with van der Waals surface area (Å²) < 4.78 is 3.88. The van der Waals surface area contributed by atoms with Gasteiger partial charge in [0, 0.05) is 10.6 Å². The lowest BCUT2D eigenvalue weighted by Crippen LogP contribution is -2.12. The van der Waals surface area contributed by atoms with Crippen LogP contribution >= 0.6 is 23.5 Å². The van der Waals surface area contributed by atoms with E-state index < -0.39 is 12.1 Å². The van der Waals surface area contributed by atoms with E-state index in [-0.39, 0.29) is 5.56 Å². The quantitative estimate of drug-likeness (QED) is 0.855. The zero-order valence-electron chi connectivity index (χ0n) is 7.33. The largest absolute Gasteiger partial charge is 0.377 e. The molecule has 1 aromatic rings. The van der Waals surface area contributed by atoms with Crippen molar-refractivity contribution in [3.8, 4) is 0 Å². The van der Waals surface area contributed by atoms with Gasteiger partial charge in [-0.1, -0.05) is 23.7 Å². The molecule has 1 rings (SSSR count). The molecule has 0 radical (unpaired) electrons. The molecule has 0 aliphatic carbocycles. The molecule has 0 spiro atoms. The van der Waals surface area contributed by atoms with E-state index in [2.05, 4.69) is 4.29 Å². The highest BCUT2D eigenvalue weighted by Gasteiger charge is 2.21. The van der Waals surface area contributed by atoms with Gasteiger partial charge < -0.3 is 9.40 Å². The summed E-state index contributed by atoms with van der Waals surface area (Å²) in [5, 5.41) is 9.72. The number of aliphatic hydroxyl groups excluding tert-OH is 1. The highest BCUT2D eigenvalue weighted by atomic mass is 35.5. The molecule has 1 N–H and O–H groups in total. The molecule has 0 aliphatic rings. The van der Waals surface area contributed by atoms with E-state index in [1.165, 1.54) is 0 Å². The van der Waals surface area contributed by atoms with Crippen molar-refractivity contribution in [2.45, 2.75) is 13.0 Å². The van der Waals surface area contributed by atoms with Crippen LogP contribution in [0.5, 0.6) is 0 Å². The number of benzene rings is 1. The number of hydrogen-bond donors (Lipinski definition) is 1. The lowest BCUT2D eigenvalue weighted by molar-refractivity contribution is -0.143. The van der Waals surface area contributed by atoms with Crippen LogP contribution in [0.25, 0.3) is 0 Å². The topological polar surface area (TPSA) is 46.5 Å². The van der Waals surface area contributed by atoms with Crippen molar-refractivity contribution in [2.75, 3.05) is 0 Å². The van der Waals surface area contributed by atoms with Crippen LogP contribution in [0.1, 0.15) is 17.2 Å². The number of hydrogen-bond acceptors (Lipinski definition) is 3. The van der Waals surface area contributed by atoms with Gasteiger partial charge in [-0.3, -0.25) is 0 Å². The second kappa shape index (κ2) is 4.64. The maximum Gasteiger partial charge on any atom is 0.357 e. The minimum absolute atomic E-state index is 0.280. The Bertz CT molecular complexity index is 352. The summed E-state index contributed by atoms with van der Waals surface area (Å²) >= 11 is 10.6. The van der Waals surface area contributed by atoms with Gasteiger partial charge in [0.2, 0.25) is 0 Å². The number of aryl methyl sites for hydroxylation is 1. The molecule has 0 saturated carbocycles. The van der Waals surface area contributed by atoms with Gasteiger partial charge in [-0.15, -0.1) is 0 Å². The van der Waals surface area contributed by atoms with E-state index in [0.717, 1.165) is 5.56 Å². The fraction of sp³-hybridized carbons (Fsp3) is 0.222. The van der Waals surface area contributed by atoms with Crippen molar-refractivity contribution in [3.05, 3.63) is 34.3 Å². The highest BCUT2D eigenvalue weighted by molar-refractivity contribution is 6.31. The Morgan fingerprint density at radius 3 is 2.71 bits per heavy atom. The first-order valence-electron chi connectivity index (χ1n) is 3.83. The lowest BCUT2D eigenvalue weighted by atomic mass is 10.1. The van der Waals surface area contributed by atoms with E-state index >= 15 is 0 Å². The number of aliphatic hydroxyl groups is 1. The van der Waals surface area contributed by atoms with Gasteiger partial charge in [-0.25, -0.2) is 4.79 Å². The Balaban J connectivity index is 3.01. The molecule has 1 atom stereocenters. The first-order valence-corrected chi connectivity index (χ1v) is 4.51. The summed E-state index contributed by atoms with van der Waals surface area (Å²) in [6.45, 7) is 1.85. The average molecular weight is 235 g/mol. The minimum Gasteiger partial charge on any atom is -0.377 e. The predicted octanol–water partition coefficient (Wildman–Crippen LogP) is 2.38. The van der Waals surface area contributed by atoms with Gasteiger partial charge in [0.05, 0.1) is 0 Å². The van der Waals surface area contributed by atoms with Gasteiger partial charge in [0.1, 0.15) is 11.9 Å². The molecular weight excluding hydrogens is 227 g/mol. The van der Waals surface area contributed by atoms with Gasteiger partial charge in [0.15, 0.2) is 6.10 Å². The van der Waals surface area contributed by atoms with Crippen LogP contribution in [0, 0.1) is 6.92 Å². The van der Waals surface area contributed by atoms with Gasteiger partial charge in [-0.2, -0.15) is 0 Å². The standard InChI is InChI=1S/C9H8Cl2O3/c1-5-2-3-6(7(10)4-5)8(12)9(13)14-11/h2-4,8,12H,1H3. The third-order valence-corrected chi connectivity index (χ3v) is 2.23. The molecule has 76 valence electrons. The van der Waals surface area contributed by atoms with E-state index in [0.29, 0.717) is 5.02 Å². The summed E-state index contributed by atoms with van der Waals surface area (Å²) in [6, 6.07) is 4.92. The molecule has 1 aromatic carbocycles. The lowest BCUT2D eigenvalue weighted by Gasteiger charge is -2.09. The second-order valence-corrected chi connectivity index (χ2v) is 3.39. The van der Waals surface area contributed by atoms with Crippen LogP contribution in [0.3, 0.4) is 0 Å². The molecule has 0 amide bonds. The third kappa shape index (κ3) is 2.38. The molecule has 14 heavy (non-hydrogen) atoms. The first kappa shape index (κ1) is 11.3. The molecule has 0 saturated heterocycles. The van der Waals surface area contributed by atoms with Crippen molar-refractivity contribution >= 4 is 29.4 Å². The van der Waals surface area contributed by atoms with Crippen molar-refractivity contribution in [3.63, 3.8) is 0 Å². The second-order valence-electron chi connectivity index (χ2n) is 2.82. The van der Waals surface area contributed by atoms with Crippen LogP contribution in [-0.4, -0.2) is 11.1 Å². The Morgan fingerprint density at radius 2 is 2.21 bits per heavy atom. The van der Waals surface area contributed by atoms with Gasteiger partial charge >= 0.3 is 5.97 Å². The fourth-order valence-electron chi connectivity index (χ4n) is 1.02. The molecule has 0 bridgehead atoms. The maximum absolute atomic E-state index is 10.9. The molecule has 0 fully saturated rings. The van der Waals surface area contributed by atoms with Crippen molar-refractivity contribution in [1.29, 1.82) is 0 Å². The SMILES string of the molecule is Cc1ccc(C(O)C(=O)OCl)c(Cl)c1. The number of carbonyl (C=O) groups excluding carboxylic acids is 1. The first-order chi connectivity index (χ1) is 6.56. The monoisotopic (exact) mass is 234 g/mol. The Morgan fingerprint density at radius 1 is 1.57 bits per heavy atom. The molecule has 0 heterocycles. The number of halogens is 2. The Labute approximate surface area is 91.4 Å². The summed E-state index contributed by atoms with van der Waals surface area (Å²) in [7, 11) is 0. The molecule has 5 heteroatoms. The van der Waals surface area contributed by atoms with E-state index in [4.69, 9.17) is 23.5 Å². The molecule has 0 aliphatic heterocycles. The summed E-state index contributed by atoms with van der Waals surface area (Å²) in [6.07, 6.45) is -1.44. The summed E-state index contributed by atoms with van der Waals surface area (Å²) in [4.78, 5) is 10.9. The molecule has 3 nitrogen and oxygen atoms in total. The van der Waals surface area contributed by atoms with Crippen molar-refractivity contribution in [1.82, 2.24) is 0 Å².